The molecule has 0 aliphatic rings. The number of aryl methyl sites for hydroxylation is 1. The Morgan fingerprint density at radius 1 is 1.03 bits per heavy atom. The van der Waals surface area contributed by atoms with Crippen molar-refractivity contribution in [2.24, 2.45) is 0 Å². The van der Waals surface area contributed by atoms with E-state index in [4.69, 9.17) is 4.74 Å². The number of benzene rings is 3. The van der Waals surface area contributed by atoms with Crippen molar-refractivity contribution < 1.29 is 17.9 Å². The maximum absolute atomic E-state index is 12.8. The SMILES string of the molecule is CC[C@@H](NC(=O)c1ccc(N(C)S(=O)(=O)c2ccccc2)cc1)c1ccc(OC)c(C)c1. The van der Waals surface area contributed by atoms with Crippen molar-refractivity contribution in [2.45, 2.75) is 31.2 Å². The van der Waals surface area contributed by atoms with E-state index in [9.17, 15) is 13.2 Å². The van der Waals surface area contributed by atoms with Crippen molar-refractivity contribution in [3.05, 3.63) is 89.5 Å². The topological polar surface area (TPSA) is 75.7 Å². The molecule has 1 atom stereocenters. The molecular formula is C25H28N2O4S. The number of amides is 1. The van der Waals surface area contributed by atoms with E-state index in [1.54, 1.807) is 61.7 Å². The van der Waals surface area contributed by atoms with Crippen LogP contribution in [0.15, 0.2) is 77.7 Å². The summed E-state index contributed by atoms with van der Waals surface area (Å²) in [6.07, 6.45) is 0.730. The van der Waals surface area contributed by atoms with Crippen molar-refractivity contribution in [3.63, 3.8) is 0 Å². The van der Waals surface area contributed by atoms with Crippen LogP contribution in [0, 0.1) is 6.92 Å². The van der Waals surface area contributed by atoms with Crippen molar-refractivity contribution in [1.29, 1.82) is 0 Å². The predicted molar refractivity (Wildman–Crippen MR) is 127 cm³/mol. The quantitative estimate of drug-likeness (QED) is 0.537. The molecule has 3 rings (SSSR count). The highest BCUT2D eigenvalue weighted by molar-refractivity contribution is 7.92. The number of sulfonamides is 1. The van der Waals surface area contributed by atoms with Gasteiger partial charge >= 0.3 is 0 Å². The van der Waals surface area contributed by atoms with E-state index in [2.05, 4.69) is 5.32 Å². The Morgan fingerprint density at radius 3 is 2.25 bits per heavy atom. The minimum atomic E-state index is -3.67. The summed E-state index contributed by atoms with van der Waals surface area (Å²) in [5.41, 5.74) is 2.94. The first-order chi connectivity index (χ1) is 15.3. The van der Waals surface area contributed by atoms with Gasteiger partial charge in [0.25, 0.3) is 15.9 Å². The third kappa shape index (κ3) is 4.94. The average molecular weight is 453 g/mol. The molecule has 0 fully saturated rings. The van der Waals surface area contributed by atoms with Gasteiger partial charge in [-0.3, -0.25) is 9.10 Å². The first-order valence-corrected chi connectivity index (χ1v) is 11.8. The van der Waals surface area contributed by atoms with E-state index in [-0.39, 0.29) is 16.8 Å². The summed E-state index contributed by atoms with van der Waals surface area (Å²) in [6, 6.07) is 20.5. The summed E-state index contributed by atoms with van der Waals surface area (Å²) in [6.45, 7) is 3.98. The van der Waals surface area contributed by atoms with E-state index in [0.29, 0.717) is 11.3 Å². The number of hydrogen-bond acceptors (Lipinski definition) is 4. The van der Waals surface area contributed by atoms with Gasteiger partial charge in [-0.05, 0) is 66.9 Å². The molecule has 0 unspecified atom stereocenters. The lowest BCUT2D eigenvalue weighted by Gasteiger charge is -2.21. The fourth-order valence-corrected chi connectivity index (χ4v) is 4.71. The van der Waals surface area contributed by atoms with E-state index in [1.807, 2.05) is 32.0 Å². The van der Waals surface area contributed by atoms with Crippen molar-refractivity contribution in [1.82, 2.24) is 5.32 Å². The molecule has 1 N–H and O–H groups in total. The van der Waals surface area contributed by atoms with Crippen LogP contribution in [0.5, 0.6) is 5.75 Å². The monoisotopic (exact) mass is 452 g/mol. The molecule has 0 aromatic heterocycles. The molecule has 32 heavy (non-hydrogen) atoms. The molecule has 0 spiro atoms. The van der Waals surface area contributed by atoms with Gasteiger partial charge in [0.15, 0.2) is 0 Å². The summed E-state index contributed by atoms with van der Waals surface area (Å²) in [7, 11) is -0.543. The van der Waals surface area contributed by atoms with Crippen LogP contribution in [0.2, 0.25) is 0 Å². The summed E-state index contributed by atoms with van der Waals surface area (Å²) >= 11 is 0. The molecule has 168 valence electrons. The van der Waals surface area contributed by atoms with Crippen molar-refractivity contribution in [2.75, 3.05) is 18.5 Å². The van der Waals surface area contributed by atoms with Crippen molar-refractivity contribution >= 4 is 21.6 Å². The second kappa shape index (κ2) is 9.87. The van der Waals surface area contributed by atoms with Crippen LogP contribution in [-0.2, 0) is 10.0 Å². The summed E-state index contributed by atoms with van der Waals surface area (Å²) in [5, 5.41) is 3.06. The number of anilines is 1. The molecule has 0 heterocycles. The smallest absolute Gasteiger partial charge is 0.264 e. The number of nitrogens with one attached hydrogen (secondary N) is 1. The van der Waals surface area contributed by atoms with Gasteiger partial charge in [-0.1, -0.05) is 37.3 Å². The highest BCUT2D eigenvalue weighted by Gasteiger charge is 2.21. The Labute approximate surface area is 189 Å². The third-order valence-corrected chi connectivity index (χ3v) is 7.23. The lowest BCUT2D eigenvalue weighted by Crippen LogP contribution is -2.29. The normalized spacial score (nSPS) is 12.1. The largest absolute Gasteiger partial charge is 0.496 e. The van der Waals surface area contributed by atoms with E-state index >= 15 is 0 Å². The van der Waals surface area contributed by atoms with Gasteiger partial charge in [-0.25, -0.2) is 8.42 Å². The molecule has 1 amide bonds. The van der Waals surface area contributed by atoms with Gasteiger partial charge < -0.3 is 10.1 Å². The van der Waals surface area contributed by atoms with Crippen LogP contribution in [-0.4, -0.2) is 28.5 Å². The Hall–Kier alpha value is -3.32. The zero-order chi connectivity index (χ0) is 23.3. The van der Waals surface area contributed by atoms with Gasteiger partial charge in [0.2, 0.25) is 0 Å². The zero-order valence-corrected chi connectivity index (χ0v) is 19.5. The fraction of sp³-hybridized carbons (Fsp3) is 0.240. The standard InChI is InChI=1S/C25H28N2O4S/c1-5-23(20-13-16-24(31-4)18(2)17-20)26-25(28)19-11-14-21(15-12-19)27(3)32(29,30)22-9-7-6-8-10-22/h6-17,23H,5H2,1-4H3,(H,26,28)/t23-/m1/s1. The summed E-state index contributed by atoms with van der Waals surface area (Å²) in [5.74, 6) is 0.588. The lowest BCUT2D eigenvalue weighted by molar-refractivity contribution is 0.0935. The van der Waals surface area contributed by atoms with Crippen LogP contribution in [0.1, 0.15) is 40.9 Å². The number of carbonyl (C=O) groups excluding carboxylic acids is 1. The van der Waals surface area contributed by atoms with E-state index in [1.165, 1.54) is 11.4 Å². The molecule has 6 nitrogen and oxygen atoms in total. The van der Waals surface area contributed by atoms with Crippen molar-refractivity contribution in [3.8, 4) is 5.75 Å². The predicted octanol–water partition coefficient (Wildman–Crippen LogP) is 4.71. The number of rotatable bonds is 8. The number of hydrogen-bond donors (Lipinski definition) is 1. The maximum Gasteiger partial charge on any atom is 0.264 e. The second-order valence-electron chi connectivity index (χ2n) is 7.50. The summed E-state index contributed by atoms with van der Waals surface area (Å²) < 4.78 is 32.1. The molecule has 0 saturated carbocycles. The van der Waals surface area contributed by atoms with Crippen LogP contribution in [0.3, 0.4) is 0 Å². The van der Waals surface area contributed by atoms with Crippen LogP contribution >= 0.6 is 0 Å². The Kier molecular flexibility index (Phi) is 7.20. The Balaban J connectivity index is 1.75. The Morgan fingerprint density at radius 2 is 1.69 bits per heavy atom. The molecule has 0 saturated heterocycles. The van der Waals surface area contributed by atoms with Gasteiger partial charge in [0, 0.05) is 12.6 Å². The molecule has 0 bridgehead atoms. The number of ether oxygens (including phenoxy) is 1. The summed E-state index contributed by atoms with van der Waals surface area (Å²) in [4.78, 5) is 13.0. The average Bonchev–Trinajstić information content (AvgIpc) is 2.82. The first-order valence-electron chi connectivity index (χ1n) is 10.4. The number of nitrogens with zero attached hydrogens (tertiary/aromatic N) is 1. The minimum absolute atomic E-state index is 0.145. The fourth-order valence-electron chi connectivity index (χ4n) is 3.49. The maximum atomic E-state index is 12.8. The minimum Gasteiger partial charge on any atom is -0.496 e. The van der Waals surface area contributed by atoms with Gasteiger partial charge in [0.1, 0.15) is 5.75 Å². The van der Waals surface area contributed by atoms with Gasteiger partial charge in [-0.2, -0.15) is 0 Å². The Bertz CT molecular complexity index is 1180. The highest BCUT2D eigenvalue weighted by Crippen LogP contribution is 2.25. The molecule has 7 heteroatoms. The molecule has 0 aliphatic carbocycles. The molecule has 3 aromatic carbocycles. The van der Waals surface area contributed by atoms with Crippen LogP contribution in [0.4, 0.5) is 5.69 Å². The van der Waals surface area contributed by atoms with Crippen LogP contribution in [0.25, 0.3) is 0 Å². The van der Waals surface area contributed by atoms with Gasteiger partial charge in [-0.15, -0.1) is 0 Å². The second-order valence-corrected chi connectivity index (χ2v) is 9.47. The zero-order valence-electron chi connectivity index (χ0n) is 18.7. The van der Waals surface area contributed by atoms with Gasteiger partial charge in [0.05, 0.1) is 23.7 Å². The van der Waals surface area contributed by atoms with E-state index < -0.39 is 10.0 Å². The molecule has 0 radical (unpaired) electrons. The highest BCUT2D eigenvalue weighted by atomic mass is 32.2. The molecule has 3 aromatic rings. The third-order valence-electron chi connectivity index (χ3n) is 5.43. The number of carbonyl (C=O) groups is 1. The van der Waals surface area contributed by atoms with E-state index in [0.717, 1.165) is 23.3 Å². The van der Waals surface area contributed by atoms with Crippen LogP contribution < -0.4 is 14.4 Å². The first kappa shape index (κ1) is 23.3. The molecule has 0 aliphatic heterocycles. The number of methoxy groups -OCH3 is 1. The molecular weight excluding hydrogens is 424 g/mol. The lowest BCUT2D eigenvalue weighted by atomic mass is 10.0.